The highest BCUT2D eigenvalue weighted by Crippen LogP contribution is 2.50. The van der Waals surface area contributed by atoms with Gasteiger partial charge in [0.05, 0.1) is 47.3 Å². The number of fused-ring (bicyclic) bond motifs is 3. The van der Waals surface area contributed by atoms with Crippen molar-refractivity contribution in [1.82, 2.24) is 34.6 Å². The summed E-state index contributed by atoms with van der Waals surface area (Å²) in [5.74, 6) is 0.0503. The molecule has 37 heavy (non-hydrogen) atoms. The van der Waals surface area contributed by atoms with E-state index < -0.39 is 36.9 Å². The molecule has 4 aromatic rings. The average molecular weight is 558 g/mol. The number of carbonyl (C=O) groups is 1. The molecule has 1 aliphatic rings. The number of halogens is 5. The number of anilines is 2. The molecule has 3 N–H and O–H groups in total. The third-order valence-electron chi connectivity index (χ3n) is 5.88. The van der Waals surface area contributed by atoms with Crippen LogP contribution in [0.5, 0.6) is 0 Å². The summed E-state index contributed by atoms with van der Waals surface area (Å²) in [6.45, 7) is -0.324. The number of nitrogens with one attached hydrogen (secondary N) is 1. The van der Waals surface area contributed by atoms with Crippen molar-refractivity contribution in [3.05, 3.63) is 52.3 Å². The lowest BCUT2D eigenvalue weighted by atomic mass is 9.88. The Morgan fingerprint density at radius 2 is 1.97 bits per heavy atom. The molecule has 12 nitrogen and oxygen atoms in total. The van der Waals surface area contributed by atoms with Gasteiger partial charge in [0.15, 0.2) is 16.6 Å². The van der Waals surface area contributed by atoms with Crippen molar-refractivity contribution in [3.8, 4) is 5.82 Å². The first kappa shape index (κ1) is 25.1. The first-order chi connectivity index (χ1) is 17.4. The summed E-state index contributed by atoms with van der Waals surface area (Å²) in [5.41, 5.74) is -2.55. The Kier molecular flexibility index (Phi) is 5.97. The maximum absolute atomic E-state index is 14.2. The van der Waals surface area contributed by atoms with Crippen LogP contribution >= 0.6 is 23.2 Å². The zero-order valence-electron chi connectivity index (χ0n) is 18.6. The molecule has 0 saturated carbocycles. The Labute approximate surface area is 215 Å². The molecular weight excluding hydrogens is 542 g/mol. The molecule has 194 valence electrons. The summed E-state index contributed by atoms with van der Waals surface area (Å²) in [6.07, 6.45) is -2.39. The predicted molar refractivity (Wildman–Crippen MR) is 124 cm³/mol. The van der Waals surface area contributed by atoms with Crippen LogP contribution in [0.25, 0.3) is 11.5 Å². The first-order valence-corrected chi connectivity index (χ1v) is 11.3. The van der Waals surface area contributed by atoms with E-state index in [-0.39, 0.29) is 44.4 Å². The van der Waals surface area contributed by atoms with E-state index in [1.165, 1.54) is 24.5 Å². The van der Waals surface area contributed by atoms with Gasteiger partial charge < -0.3 is 15.5 Å². The van der Waals surface area contributed by atoms with Crippen LogP contribution in [-0.4, -0.2) is 70.1 Å². The third kappa shape index (κ3) is 4.13. The van der Waals surface area contributed by atoms with Gasteiger partial charge in [0.25, 0.3) is 0 Å². The van der Waals surface area contributed by atoms with E-state index in [0.717, 1.165) is 27.3 Å². The number of carbonyl (C=O) groups excluding carboxylic acids is 1. The van der Waals surface area contributed by atoms with Gasteiger partial charge in [-0.3, -0.25) is 4.90 Å². The van der Waals surface area contributed by atoms with Gasteiger partial charge in [-0.1, -0.05) is 23.2 Å². The second-order valence-corrected chi connectivity index (χ2v) is 9.16. The van der Waals surface area contributed by atoms with Crippen molar-refractivity contribution in [2.24, 2.45) is 0 Å². The Balaban J connectivity index is 1.45. The number of aliphatic hydroxyl groups excluding tert-OH is 2. The van der Waals surface area contributed by atoms with Gasteiger partial charge in [-0.15, -0.1) is 9.90 Å². The van der Waals surface area contributed by atoms with Gasteiger partial charge in [0.2, 0.25) is 0 Å². The molecule has 0 unspecified atom stereocenters. The zero-order chi connectivity index (χ0) is 26.7. The molecule has 0 saturated heterocycles. The van der Waals surface area contributed by atoms with Crippen LogP contribution in [0.4, 0.5) is 29.3 Å². The number of urea groups is 1. The molecule has 5 heterocycles. The van der Waals surface area contributed by atoms with Crippen LogP contribution in [0.15, 0.2) is 30.7 Å². The maximum atomic E-state index is 14.2. The van der Waals surface area contributed by atoms with Gasteiger partial charge in [0, 0.05) is 12.6 Å². The fraction of sp³-hybridized carbons (Fsp3) is 0.300. The number of pyridine rings is 1. The molecule has 0 bridgehead atoms. The number of aromatic nitrogens is 7. The summed E-state index contributed by atoms with van der Waals surface area (Å²) in [4.78, 5) is 23.2. The minimum atomic E-state index is -4.73. The number of nitrogens with zero attached hydrogens (tertiary/aromatic N) is 8. The molecule has 4 aromatic heterocycles. The van der Waals surface area contributed by atoms with Crippen molar-refractivity contribution >= 4 is 46.3 Å². The van der Waals surface area contributed by atoms with Crippen molar-refractivity contribution in [1.29, 1.82) is 0 Å². The molecule has 5 rings (SSSR count). The zero-order valence-corrected chi connectivity index (χ0v) is 20.2. The normalized spacial score (nSPS) is 18.3. The minimum Gasteiger partial charge on any atom is -0.393 e. The molecule has 2 atom stereocenters. The topological polar surface area (TPSA) is 147 Å². The van der Waals surface area contributed by atoms with Crippen LogP contribution in [0.3, 0.4) is 0 Å². The SMILES string of the molecule is C[C@@]1(C(F)(F)F)CN(C(=O)Nc2cnc(-n3ncc([C@H](O)CO)n3)c(Cl)c2)c2cnc3cc(Cl)nn3c21. The summed E-state index contributed by atoms with van der Waals surface area (Å²) >= 11 is 12.2. The van der Waals surface area contributed by atoms with E-state index in [1.54, 1.807) is 0 Å². The predicted octanol–water partition coefficient (Wildman–Crippen LogP) is 2.91. The Bertz CT molecular complexity index is 1530. The highest BCUT2D eigenvalue weighted by Gasteiger charge is 2.60. The van der Waals surface area contributed by atoms with Gasteiger partial charge >= 0.3 is 12.2 Å². The second kappa shape index (κ2) is 8.79. The molecule has 0 spiro atoms. The maximum Gasteiger partial charge on any atom is 0.401 e. The van der Waals surface area contributed by atoms with Crippen LogP contribution in [0.2, 0.25) is 10.2 Å². The Hall–Kier alpha value is -3.53. The number of amides is 2. The summed E-state index contributed by atoms with van der Waals surface area (Å²) in [7, 11) is 0. The van der Waals surface area contributed by atoms with E-state index in [4.69, 9.17) is 28.3 Å². The smallest absolute Gasteiger partial charge is 0.393 e. The van der Waals surface area contributed by atoms with Crippen LogP contribution in [-0.2, 0) is 5.41 Å². The number of hydrogen-bond acceptors (Lipinski definition) is 8. The lowest BCUT2D eigenvalue weighted by molar-refractivity contribution is -0.181. The quantitative estimate of drug-likeness (QED) is 0.347. The molecule has 1 aliphatic heterocycles. The first-order valence-electron chi connectivity index (χ1n) is 10.5. The van der Waals surface area contributed by atoms with Crippen molar-refractivity contribution < 1.29 is 28.2 Å². The largest absolute Gasteiger partial charge is 0.401 e. The summed E-state index contributed by atoms with van der Waals surface area (Å²) in [5, 5.41) is 33.0. The molecule has 0 aliphatic carbocycles. The number of aliphatic hydroxyl groups is 2. The van der Waals surface area contributed by atoms with Crippen LogP contribution in [0, 0.1) is 0 Å². The Morgan fingerprint density at radius 3 is 2.65 bits per heavy atom. The van der Waals surface area contributed by atoms with Gasteiger partial charge in [0.1, 0.15) is 17.2 Å². The van der Waals surface area contributed by atoms with Crippen molar-refractivity contribution in [2.45, 2.75) is 24.6 Å². The van der Waals surface area contributed by atoms with E-state index in [0.29, 0.717) is 0 Å². The van der Waals surface area contributed by atoms with Crippen LogP contribution in [0.1, 0.15) is 24.4 Å². The second-order valence-electron chi connectivity index (χ2n) is 8.36. The molecule has 17 heteroatoms. The summed E-state index contributed by atoms with van der Waals surface area (Å²) in [6, 6.07) is 1.74. The fourth-order valence-corrected chi connectivity index (χ4v) is 4.37. The Morgan fingerprint density at radius 1 is 1.22 bits per heavy atom. The van der Waals surface area contributed by atoms with E-state index in [2.05, 4.69) is 30.6 Å². The lowest BCUT2D eigenvalue weighted by Crippen LogP contribution is -2.46. The number of hydrogen-bond donors (Lipinski definition) is 3. The monoisotopic (exact) mass is 557 g/mol. The molecule has 0 aromatic carbocycles. The van der Waals surface area contributed by atoms with Gasteiger partial charge in [-0.2, -0.15) is 23.4 Å². The molecular formula is C20H16Cl2F3N9O3. The van der Waals surface area contributed by atoms with E-state index >= 15 is 0 Å². The third-order valence-corrected chi connectivity index (χ3v) is 6.34. The van der Waals surface area contributed by atoms with Crippen molar-refractivity contribution in [3.63, 3.8) is 0 Å². The molecule has 2 amide bonds. The van der Waals surface area contributed by atoms with Crippen LogP contribution < -0.4 is 10.2 Å². The van der Waals surface area contributed by atoms with E-state index in [1.807, 2.05) is 0 Å². The van der Waals surface area contributed by atoms with E-state index in [9.17, 15) is 23.1 Å². The number of rotatable bonds is 4. The standard InChI is InChI=1S/C20H16Cl2F3N9O3/c1-19(20(23,24)25)8-32(12-6-26-15-3-14(22)31-33(15)16(12)19)18(37)29-9-2-10(21)17(27-4-9)34-28-5-11(30-34)13(36)7-35/h2-6,13,35-36H,7-8H2,1H3,(H,29,37)/t13-,19-/m1/s1. The van der Waals surface area contributed by atoms with Crippen molar-refractivity contribution in [2.75, 3.05) is 23.4 Å². The number of alkyl halides is 3. The highest BCUT2D eigenvalue weighted by molar-refractivity contribution is 6.32. The molecule has 0 fully saturated rings. The summed E-state index contributed by atoms with van der Waals surface area (Å²) < 4.78 is 43.7. The highest BCUT2D eigenvalue weighted by atomic mass is 35.5. The molecule has 0 radical (unpaired) electrons. The lowest BCUT2D eigenvalue weighted by Gasteiger charge is -2.28. The van der Waals surface area contributed by atoms with Gasteiger partial charge in [-0.25, -0.2) is 19.3 Å². The average Bonchev–Trinajstić information content (AvgIpc) is 3.53. The van der Waals surface area contributed by atoms with Gasteiger partial charge in [-0.05, 0) is 13.0 Å². The fourth-order valence-electron chi connectivity index (χ4n) is 3.95. The minimum absolute atomic E-state index is 0.00468.